The molecular weight excluding hydrogens is 510 g/mol. The van der Waals surface area contributed by atoms with Crippen molar-refractivity contribution in [2.75, 3.05) is 44.3 Å². The maximum Gasteiger partial charge on any atom is 0.333 e. The topological polar surface area (TPSA) is 149 Å². The number of ether oxygens (including phenoxy) is 3. The summed E-state index contributed by atoms with van der Waals surface area (Å²) in [5.41, 5.74) is 5.73. The van der Waals surface area contributed by atoms with E-state index >= 15 is 0 Å². The van der Waals surface area contributed by atoms with Crippen LogP contribution in [0.5, 0.6) is 17.2 Å². The predicted octanol–water partition coefficient (Wildman–Crippen LogP) is 2.69. The zero-order valence-corrected chi connectivity index (χ0v) is 22.6. The van der Waals surface area contributed by atoms with Gasteiger partial charge in [-0.25, -0.2) is 21.6 Å². The lowest BCUT2D eigenvalue weighted by molar-refractivity contribution is 0.241. The number of anilines is 1. The van der Waals surface area contributed by atoms with Crippen molar-refractivity contribution < 1.29 is 35.8 Å². The summed E-state index contributed by atoms with van der Waals surface area (Å²) in [7, 11) is -7.60. The zero-order chi connectivity index (χ0) is 26.9. The van der Waals surface area contributed by atoms with Gasteiger partial charge in [-0.2, -0.15) is 0 Å². The minimum atomic E-state index is -3.83. The molecule has 3 N–H and O–H groups in total. The van der Waals surface area contributed by atoms with Gasteiger partial charge in [0.05, 0.1) is 35.3 Å². The van der Waals surface area contributed by atoms with Gasteiger partial charge in [-0.3, -0.25) is 10.9 Å². The van der Waals surface area contributed by atoms with Gasteiger partial charge in [-0.15, -0.1) is 0 Å². The van der Waals surface area contributed by atoms with Crippen molar-refractivity contribution >= 4 is 31.4 Å². The zero-order valence-electron chi connectivity index (χ0n) is 21.0. The lowest BCUT2D eigenvalue weighted by Gasteiger charge is -2.15. The first-order valence-corrected chi connectivity index (χ1v) is 15.0. The molecule has 200 valence electrons. The van der Waals surface area contributed by atoms with Gasteiger partial charge >= 0.3 is 6.03 Å². The highest BCUT2D eigenvalue weighted by molar-refractivity contribution is 7.93. The van der Waals surface area contributed by atoms with Crippen LogP contribution < -0.4 is 30.4 Å². The molecule has 36 heavy (non-hydrogen) atoms. The minimum Gasteiger partial charge on any atom is -0.494 e. The molecule has 0 aliphatic rings. The highest BCUT2D eigenvalue weighted by Gasteiger charge is 2.22. The Bertz CT molecular complexity index is 1250. The summed E-state index contributed by atoms with van der Waals surface area (Å²) < 4.78 is 65.0. The molecule has 11 nitrogen and oxygen atoms in total. The number of rotatable bonds is 13. The molecule has 0 unspecified atom stereocenters. The van der Waals surface area contributed by atoms with Crippen LogP contribution in [0.25, 0.3) is 0 Å². The number of benzene rings is 2. The lowest BCUT2D eigenvalue weighted by atomic mass is 10.2. The van der Waals surface area contributed by atoms with E-state index in [-0.39, 0.29) is 15.5 Å². The number of carbonyl (C=O) groups excluding carboxylic acids is 1. The summed E-state index contributed by atoms with van der Waals surface area (Å²) in [4.78, 5) is 11.5. The fraction of sp³-hybridized carbons (Fsp3) is 0.435. The van der Waals surface area contributed by atoms with E-state index < -0.39 is 25.7 Å². The van der Waals surface area contributed by atoms with Crippen LogP contribution in [-0.2, 0) is 19.7 Å². The second-order valence-electron chi connectivity index (χ2n) is 7.87. The van der Waals surface area contributed by atoms with Crippen LogP contribution in [0, 0.1) is 6.92 Å². The fourth-order valence-corrected chi connectivity index (χ4v) is 5.62. The summed E-state index contributed by atoms with van der Waals surface area (Å²) in [6.07, 6.45) is 2.37. The lowest BCUT2D eigenvalue weighted by Crippen LogP contribution is -2.39. The van der Waals surface area contributed by atoms with Crippen molar-refractivity contribution in [1.82, 2.24) is 10.7 Å². The van der Waals surface area contributed by atoms with Crippen LogP contribution in [0.2, 0.25) is 0 Å². The molecular formula is C23H33N3O8S2. The van der Waals surface area contributed by atoms with Crippen LogP contribution in [-0.4, -0.2) is 61.7 Å². The van der Waals surface area contributed by atoms with E-state index in [1.54, 1.807) is 25.1 Å². The van der Waals surface area contributed by atoms with Crippen LogP contribution >= 0.6 is 0 Å². The molecule has 0 aromatic heterocycles. The molecule has 0 fully saturated rings. The molecule has 0 bridgehead atoms. The Morgan fingerprint density at radius 1 is 0.806 bits per heavy atom. The van der Waals surface area contributed by atoms with Gasteiger partial charge in [0.2, 0.25) is 0 Å². The number of urea groups is 1. The van der Waals surface area contributed by atoms with Gasteiger partial charge < -0.3 is 19.5 Å². The summed E-state index contributed by atoms with van der Waals surface area (Å²) in [6, 6.07) is 7.19. The highest BCUT2D eigenvalue weighted by atomic mass is 32.2. The molecule has 0 aliphatic heterocycles. The molecule has 0 saturated carbocycles. The molecule has 13 heteroatoms. The van der Waals surface area contributed by atoms with Crippen LogP contribution in [0.4, 0.5) is 10.5 Å². The Morgan fingerprint density at radius 3 is 1.81 bits per heavy atom. The second-order valence-corrected chi connectivity index (χ2v) is 11.8. The smallest absolute Gasteiger partial charge is 0.333 e. The van der Waals surface area contributed by atoms with Crippen molar-refractivity contribution in [1.29, 1.82) is 0 Å². The Balaban J connectivity index is 1.89. The van der Waals surface area contributed by atoms with Gasteiger partial charge in [0.25, 0.3) is 0 Å². The summed E-state index contributed by atoms with van der Waals surface area (Å²) in [5.74, 6) is 1.87. The fourth-order valence-electron chi connectivity index (χ4n) is 3.14. The van der Waals surface area contributed by atoms with E-state index in [2.05, 4.69) is 16.2 Å². The van der Waals surface area contributed by atoms with Gasteiger partial charge in [0.1, 0.15) is 17.2 Å². The summed E-state index contributed by atoms with van der Waals surface area (Å²) in [5, 5.41) is 2.65. The number of hydrogen-bond acceptors (Lipinski definition) is 9. The van der Waals surface area contributed by atoms with Crippen LogP contribution in [0.15, 0.2) is 40.1 Å². The quantitative estimate of drug-likeness (QED) is 0.256. The molecule has 2 aromatic carbocycles. The third-order valence-corrected chi connectivity index (χ3v) is 7.15. The van der Waals surface area contributed by atoms with Crippen molar-refractivity contribution in [3.8, 4) is 17.2 Å². The van der Waals surface area contributed by atoms with Crippen molar-refractivity contribution in [3.63, 3.8) is 0 Å². The molecule has 2 rings (SSSR count). The third kappa shape index (κ3) is 8.79. The number of sulfone groups is 2. The average molecular weight is 544 g/mol. The van der Waals surface area contributed by atoms with Gasteiger partial charge in [-0.05, 0) is 44.9 Å². The summed E-state index contributed by atoms with van der Waals surface area (Å²) >= 11 is 0. The van der Waals surface area contributed by atoms with E-state index in [4.69, 9.17) is 14.2 Å². The molecule has 0 radical (unpaired) electrons. The Morgan fingerprint density at radius 2 is 1.31 bits per heavy atom. The molecule has 0 spiro atoms. The van der Waals surface area contributed by atoms with Crippen molar-refractivity contribution in [2.24, 2.45) is 0 Å². The number of hydrogen-bond donors (Lipinski definition) is 3. The molecule has 0 aliphatic carbocycles. The van der Waals surface area contributed by atoms with Crippen molar-refractivity contribution in [3.05, 3.63) is 35.9 Å². The van der Waals surface area contributed by atoms with Gasteiger partial charge in [-0.1, -0.05) is 0 Å². The second kappa shape index (κ2) is 12.7. The first-order chi connectivity index (χ1) is 16.8. The maximum atomic E-state index is 12.1. The van der Waals surface area contributed by atoms with Gasteiger partial charge in [0.15, 0.2) is 19.7 Å². The first-order valence-electron chi connectivity index (χ1n) is 11.2. The predicted molar refractivity (Wildman–Crippen MR) is 136 cm³/mol. The Kier molecular flexibility index (Phi) is 10.2. The van der Waals surface area contributed by atoms with Crippen molar-refractivity contribution in [2.45, 2.75) is 37.0 Å². The standard InChI is InChI=1S/C23H33N3O8S2/c1-6-32-17-12-18(33-7-2)14-19(13-17)34-10-8-9-24-23(27)26-25-20-15-22(36(5,30)31)21(11-16(20)3)35(4,28)29/h11-15,25H,6-10H2,1-5H3,(H2,24,26,27). The largest absolute Gasteiger partial charge is 0.494 e. The number of aryl methyl sites for hydroxylation is 1. The van der Waals surface area contributed by atoms with Crippen LogP contribution in [0.1, 0.15) is 25.8 Å². The van der Waals surface area contributed by atoms with E-state index in [0.717, 1.165) is 12.5 Å². The Hall–Kier alpha value is -3.19. The molecule has 0 atom stereocenters. The van der Waals surface area contributed by atoms with E-state index in [1.807, 2.05) is 13.8 Å². The number of amides is 2. The maximum absolute atomic E-state index is 12.1. The monoisotopic (exact) mass is 543 g/mol. The molecule has 2 aromatic rings. The SMILES string of the molecule is CCOc1cc(OCC)cc(OCCCNC(=O)NNc2cc(S(C)(=O)=O)c(S(C)(=O)=O)cc2C)c1. The van der Waals surface area contributed by atoms with Gasteiger partial charge in [0, 0.05) is 37.3 Å². The number of nitrogens with one attached hydrogen (secondary N) is 3. The minimum absolute atomic E-state index is 0.251. The Labute approximate surface area is 212 Å². The number of hydrazine groups is 1. The van der Waals surface area contributed by atoms with E-state index in [0.29, 0.717) is 55.6 Å². The molecule has 2 amide bonds. The third-order valence-electron chi connectivity index (χ3n) is 4.75. The number of carbonyl (C=O) groups is 1. The average Bonchev–Trinajstić information content (AvgIpc) is 2.77. The molecule has 0 saturated heterocycles. The molecule has 0 heterocycles. The normalized spacial score (nSPS) is 11.5. The summed E-state index contributed by atoms with van der Waals surface area (Å²) in [6.45, 7) is 7.03. The van der Waals surface area contributed by atoms with Crippen LogP contribution in [0.3, 0.4) is 0 Å². The van der Waals surface area contributed by atoms with E-state index in [9.17, 15) is 21.6 Å². The highest BCUT2D eigenvalue weighted by Crippen LogP contribution is 2.29. The first kappa shape index (κ1) is 29.0. The van der Waals surface area contributed by atoms with E-state index in [1.165, 1.54) is 12.1 Å².